The number of nitrogens with zero attached hydrogens (tertiary/aromatic N) is 3. The zero-order valence-corrected chi connectivity index (χ0v) is 15.7. The molecular formula is C21H22N4O4. The van der Waals surface area contributed by atoms with E-state index in [1.54, 1.807) is 6.20 Å². The van der Waals surface area contributed by atoms with E-state index in [-0.39, 0.29) is 0 Å². The molecule has 150 valence electrons. The lowest BCUT2D eigenvalue weighted by molar-refractivity contribution is -0.159. The summed E-state index contributed by atoms with van der Waals surface area (Å²) in [7, 11) is 0. The number of carbonyl (C=O) groups is 2. The molecule has 0 saturated heterocycles. The molecule has 3 aromatic rings. The van der Waals surface area contributed by atoms with E-state index >= 15 is 0 Å². The van der Waals surface area contributed by atoms with E-state index in [1.165, 1.54) is 24.0 Å². The van der Waals surface area contributed by atoms with E-state index in [9.17, 15) is 0 Å². The number of nitrogens with one attached hydrogen (secondary N) is 1. The number of carboxylic acids is 2. The van der Waals surface area contributed by atoms with Gasteiger partial charge >= 0.3 is 11.9 Å². The number of hydrogen-bond donors (Lipinski definition) is 3. The highest BCUT2D eigenvalue weighted by molar-refractivity contribution is 6.27. The van der Waals surface area contributed by atoms with Crippen LogP contribution >= 0.6 is 0 Å². The third-order valence-electron chi connectivity index (χ3n) is 4.30. The number of aromatic nitrogens is 3. The number of aliphatic carboxylic acids is 2. The van der Waals surface area contributed by atoms with Crippen molar-refractivity contribution in [1.82, 2.24) is 20.1 Å². The van der Waals surface area contributed by atoms with Crippen molar-refractivity contribution in [2.75, 3.05) is 0 Å². The lowest BCUT2D eigenvalue weighted by atomic mass is 10.1. The SMILES string of the molecule is O=C(O)C(=O)O.c1ccc(Cn2cc(CNC3CC3)c(-c3cccnc3)n2)cc1. The fraction of sp³-hybridized carbons (Fsp3) is 0.238. The van der Waals surface area contributed by atoms with Gasteiger partial charge < -0.3 is 15.5 Å². The number of carboxylic acid groups (broad SMARTS) is 2. The van der Waals surface area contributed by atoms with Gasteiger partial charge in [-0.1, -0.05) is 30.3 Å². The monoisotopic (exact) mass is 394 g/mol. The van der Waals surface area contributed by atoms with Gasteiger partial charge in [0.15, 0.2) is 0 Å². The van der Waals surface area contributed by atoms with Gasteiger partial charge in [0.05, 0.1) is 12.2 Å². The molecule has 0 unspecified atom stereocenters. The topological polar surface area (TPSA) is 117 Å². The van der Waals surface area contributed by atoms with Crippen LogP contribution in [0.3, 0.4) is 0 Å². The van der Waals surface area contributed by atoms with Crippen LogP contribution < -0.4 is 5.32 Å². The predicted molar refractivity (Wildman–Crippen MR) is 106 cm³/mol. The van der Waals surface area contributed by atoms with E-state index in [1.807, 2.05) is 23.0 Å². The standard InChI is InChI=1S/C19H20N4.C2H2O4/c1-2-5-15(6-3-1)13-23-14-17(12-21-18-8-9-18)19(22-23)16-7-4-10-20-11-16;3-1(4)2(5)6/h1-7,10-11,14,18,21H,8-9,12-13H2;(H,3,4)(H,5,6). The summed E-state index contributed by atoms with van der Waals surface area (Å²) in [5.74, 6) is -3.65. The summed E-state index contributed by atoms with van der Waals surface area (Å²) in [5, 5.41) is 23.2. The van der Waals surface area contributed by atoms with Gasteiger partial charge in [0.25, 0.3) is 0 Å². The molecule has 0 amide bonds. The molecule has 0 atom stereocenters. The maximum Gasteiger partial charge on any atom is 0.414 e. The Bertz CT molecular complexity index is 941. The van der Waals surface area contributed by atoms with Gasteiger partial charge in [-0.2, -0.15) is 5.10 Å². The summed E-state index contributed by atoms with van der Waals surface area (Å²) >= 11 is 0. The third-order valence-corrected chi connectivity index (χ3v) is 4.30. The maximum atomic E-state index is 9.10. The lowest BCUT2D eigenvalue weighted by Gasteiger charge is -2.03. The molecule has 0 bridgehead atoms. The van der Waals surface area contributed by atoms with Crippen molar-refractivity contribution in [3.63, 3.8) is 0 Å². The molecule has 1 aliphatic rings. The van der Waals surface area contributed by atoms with Crippen molar-refractivity contribution in [3.8, 4) is 11.3 Å². The highest BCUT2D eigenvalue weighted by Gasteiger charge is 2.21. The Kier molecular flexibility index (Phi) is 6.70. The van der Waals surface area contributed by atoms with Crippen LogP contribution in [-0.2, 0) is 22.7 Å². The second-order valence-corrected chi connectivity index (χ2v) is 6.69. The molecule has 3 N–H and O–H groups in total. The van der Waals surface area contributed by atoms with Crippen molar-refractivity contribution >= 4 is 11.9 Å². The largest absolute Gasteiger partial charge is 0.473 e. The molecule has 2 aromatic heterocycles. The van der Waals surface area contributed by atoms with Gasteiger partial charge in [-0.25, -0.2) is 9.59 Å². The average Bonchev–Trinajstić information content (AvgIpc) is 3.48. The van der Waals surface area contributed by atoms with Crippen molar-refractivity contribution in [1.29, 1.82) is 0 Å². The van der Waals surface area contributed by atoms with Crippen LogP contribution in [0, 0.1) is 0 Å². The van der Waals surface area contributed by atoms with Gasteiger partial charge in [0, 0.05) is 42.3 Å². The van der Waals surface area contributed by atoms with E-state index in [0.29, 0.717) is 6.04 Å². The molecule has 29 heavy (non-hydrogen) atoms. The Morgan fingerprint density at radius 2 is 1.79 bits per heavy atom. The van der Waals surface area contributed by atoms with Gasteiger partial charge in [0.2, 0.25) is 0 Å². The van der Waals surface area contributed by atoms with Crippen LogP contribution in [0.4, 0.5) is 0 Å². The van der Waals surface area contributed by atoms with Gasteiger partial charge in [0.1, 0.15) is 0 Å². The zero-order valence-electron chi connectivity index (χ0n) is 15.7. The highest BCUT2D eigenvalue weighted by Crippen LogP contribution is 2.24. The fourth-order valence-corrected chi connectivity index (χ4v) is 2.73. The minimum Gasteiger partial charge on any atom is -0.473 e. The maximum absolute atomic E-state index is 9.10. The molecule has 2 heterocycles. The second-order valence-electron chi connectivity index (χ2n) is 6.69. The first-order valence-corrected chi connectivity index (χ1v) is 9.23. The van der Waals surface area contributed by atoms with Crippen molar-refractivity contribution in [3.05, 3.63) is 72.2 Å². The molecule has 0 aliphatic heterocycles. The van der Waals surface area contributed by atoms with Crippen molar-refractivity contribution < 1.29 is 19.8 Å². The number of pyridine rings is 1. The van der Waals surface area contributed by atoms with E-state index in [2.05, 4.69) is 46.8 Å². The number of rotatable bonds is 6. The van der Waals surface area contributed by atoms with E-state index in [4.69, 9.17) is 24.9 Å². The first-order chi connectivity index (χ1) is 14.0. The number of hydrogen-bond acceptors (Lipinski definition) is 5. The lowest BCUT2D eigenvalue weighted by Crippen LogP contribution is -2.15. The van der Waals surface area contributed by atoms with Crippen LogP contribution in [0.15, 0.2) is 61.1 Å². The Morgan fingerprint density at radius 3 is 2.38 bits per heavy atom. The molecule has 1 aromatic carbocycles. The summed E-state index contributed by atoms with van der Waals surface area (Å²) in [6, 6.07) is 15.2. The summed E-state index contributed by atoms with van der Waals surface area (Å²) in [6.07, 6.45) is 8.42. The number of benzene rings is 1. The molecule has 1 saturated carbocycles. The Balaban J connectivity index is 0.000000353. The minimum absolute atomic E-state index is 0.689. The van der Waals surface area contributed by atoms with Crippen LogP contribution in [0.5, 0.6) is 0 Å². The molecule has 0 radical (unpaired) electrons. The van der Waals surface area contributed by atoms with Crippen molar-refractivity contribution in [2.45, 2.75) is 32.0 Å². The fourth-order valence-electron chi connectivity index (χ4n) is 2.73. The highest BCUT2D eigenvalue weighted by atomic mass is 16.4. The van der Waals surface area contributed by atoms with Gasteiger partial charge in [-0.3, -0.25) is 9.67 Å². The molecule has 8 heteroatoms. The van der Waals surface area contributed by atoms with Crippen LogP contribution in [0.25, 0.3) is 11.3 Å². The molecule has 4 rings (SSSR count). The molecular weight excluding hydrogens is 372 g/mol. The Hall–Kier alpha value is -3.52. The molecule has 0 spiro atoms. The van der Waals surface area contributed by atoms with Crippen LogP contribution in [0.2, 0.25) is 0 Å². The predicted octanol–water partition coefficient (Wildman–Crippen LogP) is 2.40. The molecule has 8 nitrogen and oxygen atoms in total. The first-order valence-electron chi connectivity index (χ1n) is 9.23. The average molecular weight is 394 g/mol. The quantitative estimate of drug-likeness (QED) is 0.550. The normalized spacial score (nSPS) is 12.7. The summed E-state index contributed by atoms with van der Waals surface area (Å²) in [4.78, 5) is 22.4. The van der Waals surface area contributed by atoms with Gasteiger partial charge in [-0.05, 0) is 30.5 Å². The van der Waals surface area contributed by atoms with Gasteiger partial charge in [-0.15, -0.1) is 0 Å². The summed E-state index contributed by atoms with van der Waals surface area (Å²) in [5.41, 5.74) is 4.60. The zero-order chi connectivity index (χ0) is 20.6. The second kappa shape index (κ2) is 9.61. The summed E-state index contributed by atoms with van der Waals surface area (Å²) in [6.45, 7) is 1.65. The summed E-state index contributed by atoms with van der Waals surface area (Å²) < 4.78 is 2.03. The van der Waals surface area contributed by atoms with E-state index < -0.39 is 11.9 Å². The minimum atomic E-state index is -1.82. The van der Waals surface area contributed by atoms with E-state index in [0.717, 1.165) is 24.3 Å². The first kappa shape index (κ1) is 20.2. The Labute approximate surface area is 167 Å². The van der Waals surface area contributed by atoms with Crippen LogP contribution in [0.1, 0.15) is 24.0 Å². The van der Waals surface area contributed by atoms with Crippen molar-refractivity contribution in [2.24, 2.45) is 0 Å². The Morgan fingerprint density at radius 1 is 1.07 bits per heavy atom. The molecule has 1 fully saturated rings. The molecule has 1 aliphatic carbocycles. The third kappa shape index (κ3) is 6.25. The van der Waals surface area contributed by atoms with Crippen LogP contribution in [-0.4, -0.2) is 43.0 Å². The smallest absolute Gasteiger partial charge is 0.414 e.